The number of carbonyl (C=O) groups is 1. The van der Waals surface area contributed by atoms with Crippen LogP contribution in [0, 0.1) is 11.8 Å². The third-order valence-corrected chi connectivity index (χ3v) is 1.97. The molecule has 0 aromatic rings. The van der Waals surface area contributed by atoms with Crippen LogP contribution in [-0.4, -0.2) is 12.1 Å². The van der Waals surface area contributed by atoms with E-state index in [1.165, 1.54) is 0 Å². The molecule has 0 bridgehead atoms. The summed E-state index contributed by atoms with van der Waals surface area (Å²) in [5, 5.41) is 0. The smallest absolute Gasteiger partial charge is 0.306 e. The number of carbonyl (C=O) groups excluding carboxylic acids is 1. The van der Waals surface area contributed by atoms with Crippen LogP contribution in [0.4, 0.5) is 0 Å². The normalized spacial score (nSPS) is 33.0. The Bertz CT molecular complexity index is 140. The Kier molecular flexibility index (Phi) is 1.97. The summed E-state index contributed by atoms with van der Waals surface area (Å²) in [6, 6.07) is 0. The Morgan fingerprint density at radius 1 is 1.60 bits per heavy atom. The summed E-state index contributed by atoms with van der Waals surface area (Å²) in [6.45, 7) is 6.23. The van der Waals surface area contributed by atoms with Crippen molar-refractivity contribution in [2.24, 2.45) is 11.8 Å². The van der Waals surface area contributed by atoms with Gasteiger partial charge in [-0.2, -0.15) is 0 Å². The van der Waals surface area contributed by atoms with Crippen LogP contribution in [0.2, 0.25) is 0 Å². The molecule has 2 unspecified atom stereocenters. The minimum Gasteiger partial charge on any atom is -0.462 e. The van der Waals surface area contributed by atoms with Gasteiger partial charge in [-0.3, -0.25) is 4.79 Å². The minimum absolute atomic E-state index is 0.0359. The molecule has 1 rings (SSSR count). The van der Waals surface area contributed by atoms with Crippen molar-refractivity contribution in [3.63, 3.8) is 0 Å². The van der Waals surface area contributed by atoms with Gasteiger partial charge in [-0.05, 0) is 5.92 Å². The molecule has 0 aromatic heterocycles. The summed E-state index contributed by atoms with van der Waals surface area (Å²) in [7, 11) is 0. The molecule has 0 amide bonds. The molecule has 1 heterocycles. The van der Waals surface area contributed by atoms with E-state index in [4.69, 9.17) is 4.74 Å². The average molecular weight is 142 g/mol. The van der Waals surface area contributed by atoms with E-state index in [2.05, 4.69) is 20.8 Å². The lowest BCUT2D eigenvalue weighted by Gasteiger charge is -2.16. The molecule has 58 valence electrons. The van der Waals surface area contributed by atoms with E-state index in [9.17, 15) is 4.79 Å². The van der Waals surface area contributed by atoms with Crippen molar-refractivity contribution in [2.45, 2.75) is 33.3 Å². The number of esters is 1. The third-order valence-electron chi connectivity index (χ3n) is 1.97. The van der Waals surface area contributed by atoms with E-state index in [-0.39, 0.29) is 12.1 Å². The van der Waals surface area contributed by atoms with Crippen molar-refractivity contribution in [1.82, 2.24) is 0 Å². The van der Waals surface area contributed by atoms with Crippen molar-refractivity contribution >= 4 is 5.97 Å². The van der Waals surface area contributed by atoms with E-state index in [1.54, 1.807) is 0 Å². The maximum Gasteiger partial charge on any atom is 0.306 e. The first-order valence-corrected chi connectivity index (χ1v) is 3.80. The predicted octanol–water partition coefficient (Wildman–Crippen LogP) is 1.59. The number of cyclic esters (lactones) is 1. The molecule has 2 atom stereocenters. The van der Waals surface area contributed by atoms with E-state index in [0.717, 1.165) is 0 Å². The average Bonchev–Trinajstić information content (AvgIpc) is 2.10. The van der Waals surface area contributed by atoms with Gasteiger partial charge in [0.05, 0.1) is 6.42 Å². The molecule has 0 saturated carbocycles. The second kappa shape index (κ2) is 2.60. The standard InChI is InChI=1S/C8H14O2/c1-5(2)8-6(3)4-7(9)10-8/h5-6,8H,4H2,1-3H3. The molecule has 1 saturated heterocycles. The Balaban J connectivity index is 2.54. The van der Waals surface area contributed by atoms with Crippen molar-refractivity contribution in [1.29, 1.82) is 0 Å². The highest BCUT2D eigenvalue weighted by molar-refractivity contribution is 5.72. The summed E-state index contributed by atoms with van der Waals surface area (Å²) >= 11 is 0. The molecule has 0 N–H and O–H groups in total. The highest BCUT2D eigenvalue weighted by Crippen LogP contribution is 2.26. The summed E-state index contributed by atoms with van der Waals surface area (Å²) < 4.78 is 5.10. The van der Waals surface area contributed by atoms with Gasteiger partial charge in [-0.15, -0.1) is 0 Å². The van der Waals surface area contributed by atoms with E-state index in [1.807, 2.05) is 0 Å². The minimum atomic E-state index is -0.0359. The Morgan fingerprint density at radius 3 is 2.40 bits per heavy atom. The van der Waals surface area contributed by atoms with Crippen molar-refractivity contribution in [3.8, 4) is 0 Å². The zero-order valence-corrected chi connectivity index (χ0v) is 6.76. The summed E-state index contributed by atoms with van der Waals surface area (Å²) in [5.41, 5.74) is 0. The second-order valence-corrected chi connectivity index (χ2v) is 3.38. The van der Waals surface area contributed by atoms with Gasteiger partial charge in [0.25, 0.3) is 0 Å². The summed E-state index contributed by atoms with van der Waals surface area (Å²) in [6.07, 6.45) is 0.760. The molecule has 1 aliphatic rings. The van der Waals surface area contributed by atoms with Gasteiger partial charge >= 0.3 is 5.97 Å². The highest BCUT2D eigenvalue weighted by Gasteiger charge is 2.33. The predicted molar refractivity (Wildman–Crippen MR) is 38.5 cm³/mol. The molecule has 0 radical (unpaired) electrons. The Morgan fingerprint density at radius 2 is 2.20 bits per heavy atom. The lowest BCUT2D eigenvalue weighted by Crippen LogP contribution is -2.20. The fourth-order valence-corrected chi connectivity index (χ4v) is 1.49. The lowest BCUT2D eigenvalue weighted by molar-refractivity contribution is -0.143. The zero-order chi connectivity index (χ0) is 7.72. The van der Waals surface area contributed by atoms with Crippen molar-refractivity contribution < 1.29 is 9.53 Å². The quantitative estimate of drug-likeness (QED) is 0.520. The fraction of sp³-hybridized carbons (Fsp3) is 0.875. The van der Waals surface area contributed by atoms with Crippen LogP contribution >= 0.6 is 0 Å². The maximum atomic E-state index is 10.7. The van der Waals surface area contributed by atoms with Crippen molar-refractivity contribution in [2.75, 3.05) is 0 Å². The van der Waals surface area contributed by atoms with E-state index < -0.39 is 0 Å². The SMILES string of the molecule is CC(C)C1OC(=O)CC1C. The molecule has 2 heteroatoms. The highest BCUT2D eigenvalue weighted by atomic mass is 16.6. The van der Waals surface area contributed by atoms with Crippen LogP contribution in [0.1, 0.15) is 27.2 Å². The van der Waals surface area contributed by atoms with Crippen LogP contribution in [0.3, 0.4) is 0 Å². The van der Waals surface area contributed by atoms with Gasteiger partial charge in [-0.25, -0.2) is 0 Å². The van der Waals surface area contributed by atoms with Gasteiger partial charge in [0.2, 0.25) is 0 Å². The van der Waals surface area contributed by atoms with Crippen molar-refractivity contribution in [3.05, 3.63) is 0 Å². The molecule has 10 heavy (non-hydrogen) atoms. The maximum absolute atomic E-state index is 10.7. The van der Waals surface area contributed by atoms with Gasteiger partial charge in [0, 0.05) is 5.92 Å². The lowest BCUT2D eigenvalue weighted by atomic mass is 9.95. The van der Waals surface area contributed by atoms with Crippen LogP contribution < -0.4 is 0 Å². The first-order valence-electron chi connectivity index (χ1n) is 3.80. The molecule has 1 aliphatic heterocycles. The van der Waals surface area contributed by atoms with E-state index >= 15 is 0 Å². The van der Waals surface area contributed by atoms with Gasteiger partial charge in [0.1, 0.15) is 6.10 Å². The Hall–Kier alpha value is -0.530. The summed E-state index contributed by atoms with van der Waals surface area (Å²) in [5.74, 6) is 0.833. The van der Waals surface area contributed by atoms with Crippen LogP contribution in [-0.2, 0) is 9.53 Å². The molecule has 2 nitrogen and oxygen atoms in total. The first-order chi connectivity index (χ1) is 4.61. The van der Waals surface area contributed by atoms with Crippen LogP contribution in [0.15, 0.2) is 0 Å². The Labute approximate surface area is 61.6 Å². The van der Waals surface area contributed by atoms with Gasteiger partial charge < -0.3 is 4.74 Å². The molecular weight excluding hydrogens is 128 g/mol. The third kappa shape index (κ3) is 1.31. The number of ether oxygens (including phenoxy) is 1. The number of hydrogen-bond donors (Lipinski definition) is 0. The fourth-order valence-electron chi connectivity index (χ4n) is 1.49. The second-order valence-electron chi connectivity index (χ2n) is 3.38. The summed E-state index contributed by atoms with van der Waals surface area (Å²) in [4.78, 5) is 10.7. The zero-order valence-electron chi connectivity index (χ0n) is 6.76. The first kappa shape index (κ1) is 7.58. The van der Waals surface area contributed by atoms with E-state index in [0.29, 0.717) is 18.3 Å². The van der Waals surface area contributed by atoms with Gasteiger partial charge in [-0.1, -0.05) is 20.8 Å². The molecular formula is C8H14O2. The van der Waals surface area contributed by atoms with Crippen LogP contribution in [0.5, 0.6) is 0 Å². The molecule has 0 aromatic carbocycles. The number of hydrogen-bond acceptors (Lipinski definition) is 2. The largest absolute Gasteiger partial charge is 0.462 e. The topological polar surface area (TPSA) is 26.3 Å². The molecule has 0 spiro atoms. The molecule has 1 fully saturated rings. The molecule has 0 aliphatic carbocycles. The number of rotatable bonds is 1. The van der Waals surface area contributed by atoms with Gasteiger partial charge in [0.15, 0.2) is 0 Å². The van der Waals surface area contributed by atoms with Crippen LogP contribution in [0.25, 0.3) is 0 Å². The monoisotopic (exact) mass is 142 g/mol.